The fourth-order valence-electron chi connectivity index (χ4n) is 2.40. The summed E-state index contributed by atoms with van der Waals surface area (Å²) in [5.74, 6) is 0. The van der Waals surface area contributed by atoms with E-state index in [9.17, 15) is 8.78 Å². The summed E-state index contributed by atoms with van der Waals surface area (Å²) in [6, 6.07) is 0.175. The molecule has 1 fully saturated rings. The summed E-state index contributed by atoms with van der Waals surface area (Å²) < 4.78 is 25.1. The van der Waals surface area contributed by atoms with E-state index in [2.05, 4.69) is 39.9 Å². The van der Waals surface area contributed by atoms with Crippen molar-refractivity contribution in [1.29, 1.82) is 0 Å². The van der Waals surface area contributed by atoms with E-state index >= 15 is 0 Å². The molecule has 1 N–H and O–H groups in total. The van der Waals surface area contributed by atoms with Crippen LogP contribution in [0.2, 0.25) is 0 Å². The Kier molecular flexibility index (Phi) is 3.95. The van der Waals surface area contributed by atoms with Crippen LogP contribution in [-0.2, 0) is 0 Å². The molecule has 0 aromatic carbocycles. The number of alkyl halides is 2. The van der Waals surface area contributed by atoms with Gasteiger partial charge in [-0.2, -0.15) is 0 Å². The fraction of sp³-hybridized carbons (Fsp3) is 1.00. The van der Waals surface area contributed by atoms with Crippen LogP contribution in [0.15, 0.2) is 0 Å². The summed E-state index contributed by atoms with van der Waals surface area (Å²) >= 11 is 0. The van der Waals surface area contributed by atoms with E-state index in [1.165, 1.54) is 0 Å². The van der Waals surface area contributed by atoms with E-state index in [0.717, 1.165) is 6.54 Å². The lowest BCUT2D eigenvalue weighted by Gasteiger charge is -2.49. The predicted molar refractivity (Wildman–Crippen MR) is 62.9 cm³/mol. The molecule has 0 saturated carbocycles. The molecule has 0 aromatic rings. The molecule has 1 atom stereocenters. The molecule has 4 heteroatoms. The van der Waals surface area contributed by atoms with Crippen molar-refractivity contribution in [3.8, 4) is 0 Å². The van der Waals surface area contributed by atoms with Gasteiger partial charge in [0.15, 0.2) is 0 Å². The van der Waals surface area contributed by atoms with Gasteiger partial charge in [-0.25, -0.2) is 8.78 Å². The summed E-state index contributed by atoms with van der Waals surface area (Å²) in [4.78, 5) is 1.93. The third-order valence-electron chi connectivity index (χ3n) is 3.19. The maximum absolute atomic E-state index is 12.6. The normalized spacial score (nSPS) is 27.4. The van der Waals surface area contributed by atoms with Gasteiger partial charge in [-0.15, -0.1) is 0 Å². The highest BCUT2D eigenvalue weighted by molar-refractivity contribution is 4.96. The van der Waals surface area contributed by atoms with E-state index < -0.39 is 6.43 Å². The second-order valence-electron chi connectivity index (χ2n) is 6.47. The Bertz CT molecular complexity index is 234. The van der Waals surface area contributed by atoms with E-state index in [-0.39, 0.29) is 23.5 Å². The van der Waals surface area contributed by atoms with Crippen molar-refractivity contribution in [3.05, 3.63) is 0 Å². The number of piperazine rings is 1. The molecule has 1 unspecified atom stereocenters. The SMILES string of the molecule is CC1(C)CN(CC(F)F)C(C(C)(C)C)CN1. The second kappa shape index (κ2) is 4.57. The zero-order valence-corrected chi connectivity index (χ0v) is 11.0. The van der Waals surface area contributed by atoms with Crippen LogP contribution in [-0.4, -0.2) is 42.5 Å². The minimum absolute atomic E-state index is 0.0262. The molecule has 1 aliphatic rings. The molecule has 2 nitrogen and oxygen atoms in total. The monoisotopic (exact) mass is 234 g/mol. The lowest BCUT2D eigenvalue weighted by atomic mass is 9.82. The molecule has 1 rings (SSSR count). The van der Waals surface area contributed by atoms with Gasteiger partial charge < -0.3 is 5.32 Å². The average molecular weight is 234 g/mol. The molecule has 0 aliphatic carbocycles. The first-order valence-corrected chi connectivity index (χ1v) is 5.89. The van der Waals surface area contributed by atoms with Crippen LogP contribution in [0.1, 0.15) is 34.6 Å². The van der Waals surface area contributed by atoms with Crippen molar-refractivity contribution in [3.63, 3.8) is 0 Å². The molecule has 1 saturated heterocycles. The summed E-state index contributed by atoms with van der Waals surface area (Å²) in [6.07, 6.45) is -2.25. The third kappa shape index (κ3) is 3.67. The van der Waals surface area contributed by atoms with Crippen molar-refractivity contribution < 1.29 is 8.78 Å². The van der Waals surface area contributed by atoms with Crippen molar-refractivity contribution in [2.45, 2.75) is 52.6 Å². The molecule has 1 aliphatic heterocycles. The van der Waals surface area contributed by atoms with Crippen LogP contribution >= 0.6 is 0 Å². The van der Waals surface area contributed by atoms with E-state index in [0.29, 0.717) is 6.54 Å². The Balaban J connectivity index is 2.76. The van der Waals surface area contributed by atoms with E-state index in [4.69, 9.17) is 0 Å². The van der Waals surface area contributed by atoms with Gasteiger partial charge in [0.25, 0.3) is 6.43 Å². The average Bonchev–Trinajstić information content (AvgIpc) is 1.97. The topological polar surface area (TPSA) is 15.3 Å². The number of hydrogen-bond donors (Lipinski definition) is 1. The molecule has 0 aromatic heterocycles. The van der Waals surface area contributed by atoms with E-state index in [1.807, 2.05) is 4.90 Å². The summed E-state index contributed by atoms with van der Waals surface area (Å²) in [6.45, 7) is 11.8. The van der Waals surface area contributed by atoms with Gasteiger partial charge in [-0.1, -0.05) is 20.8 Å². The lowest BCUT2D eigenvalue weighted by Crippen LogP contribution is -2.65. The van der Waals surface area contributed by atoms with Gasteiger partial charge in [0.05, 0.1) is 6.54 Å². The first-order valence-electron chi connectivity index (χ1n) is 5.89. The van der Waals surface area contributed by atoms with Crippen LogP contribution < -0.4 is 5.32 Å². The molecule has 0 radical (unpaired) electrons. The van der Waals surface area contributed by atoms with Crippen LogP contribution in [0.5, 0.6) is 0 Å². The maximum atomic E-state index is 12.6. The van der Waals surface area contributed by atoms with Gasteiger partial charge >= 0.3 is 0 Å². The third-order valence-corrected chi connectivity index (χ3v) is 3.19. The molecular formula is C12H24F2N2. The Labute approximate surface area is 97.4 Å². The Hall–Kier alpha value is -0.220. The number of rotatable bonds is 2. The lowest BCUT2D eigenvalue weighted by molar-refractivity contribution is -0.00891. The van der Waals surface area contributed by atoms with Gasteiger partial charge in [-0.3, -0.25) is 4.90 Å². The molecule has 1 heterocycles. The van der Waals surface area contributed by atoms with Crippen LogP contribution in [0.25, 0.3) is 0 Å². The molecular weight excluding hydrogens is 210 g/mol. The molecule has 0 amide bonds. The van der Waals surface area contributed by atoms with Gasteiger partial charge in [-0.05, 0) is 19.3 Å². The van der Waals surface area contributed by atoms with Crippen molar-refractivity contribution in [2.75, 3.05) is 19.6 Å². The highest BCUT2D eigenvalue weighted by Crippen LogP contribution is 2.29. The zero-order chi connectivity index (χ0) is 12.6. The summed E-state index contributed by atoms with van der Waals surface area (Å²) in [5, 5.41) is 3.43. The van der Waals surface area contributed by atoms with Gasteiger partial charge in [0.2, 0.25) is 0 Å². The predicted octanol–water partition coefficient (Wildman–Crippen LogP) is 2.35. The van der Waals surface area contributed by atoms with Gasteiger partial charge in [0, 0.05) is 24.7 Å². The molecule has 96 valence electrons. The maximum Gasteiger partial charge on any atom is 0.251 e. The summed E-state index contributed by atoms with van der Waals surface area (Å²) in [7, 11) is 0. The first kappa shape index (κ1) is 13.8. The van der Waals surface area contributed by atoms with Crippen molar-refractivity contribution in [2.24, 2.45) is 5.41 Å². The zero-order valence-electron chi connectivity index (χ0n) is 11.0. The molecule has 0 bridgehead atoms. The van der Waals surface area contributed by atoms with Crippen LogP contribution in [0.3, 0.4) is 0 Å². The van der Waals surface area contributed by atoms with Crippen LogP contribution in [0.4, 0.5) is 8.78 Å². The highest BCUT2D eigenvalue weighted by atomic mass is 19.3. The largest absolute Gasteiger partial charge is 0.309 e. The second-order valence-corrected chi connectivity index (χ2v) is 6.47. The smallest absolute Gasteiger partial charge is 0.251 e. The van der Waals surface area contributed by atoms with Crippen molar-refractivity contribution in [1.82, 2.24) is 10.2 Å². The molecule has 0 spiro atoms. The minimum Gasteiger partial charge on any atom is -0.309 e. The fourth-order valence-corrected chi connectivity index (χ4v) is 2.40. The number of nitrogens with zero attached hydrogens (tertiary/aromatic N) is 1. The number of halogens is 2. The summed E-state index contributed by atoms with van der Waals surface area (Å²) in [5.41, 5.74) is -0.0466. The van der Waals surface area contributed by atoms with Crippen LogP contribution in [0, 0.1) is 5.41 Å². The Morgan fingerprint density at radius 1 is 1.38 bits per heavy atom. The standard InChI is InChI=1S/C12H24F2N2/c1-11(2,3)9-6-15-12(4,5)8-16(9)7-10(13)14/h9-10,15H,6-8H2,1-5H3. The highest BCUT2D eigenvalue weighted by Gasteiger charge is 2.39. The first-order chi connectivity index (χ1) is 7.12. The molecule has 16 heavy (non-hydrogen) atoms. The number of nitrogens with one attached hydrogen (secondary N) is 1. The van der Waals surface area contributed by atoms with Gasteiger partial charge in [0.1, 0.15) is 0 Å². The minimum atomic E-state index is -2.25. The van der Waals surface area contributed by atoms with E-state index in [1.54, 1.807) is 0 Å². The Morgan fingerprint density at radius 2 is 1.94 bits per heavy atom. The number of hydrogen-bond acceptors (Lipinski definition) is 2. The Morgan fingerprint density at radius 3 is 2.38 bits per heavy atom. The quantitative estimate of drug-likeness (QED) is 0.789. The van der Waals surface area contributed by atoms with Crippen molar-refractivity contribution >= 4 is 0 Å².